The van der Waals surface area contributed by atoms with Crippen molar-refractivity contribution in [3.8, 4) is 0 Å². The van der Waals surface area contributed by atoms with Gasteiger partial charge in [-0.15, -0.1) is 0 Å². The van der Waals surface area contributed by atoms with Crippen LogP contribution in [0.25, 0.3) is 0 Å². The summed E-state index contributed by atoms with van der Waals surface area (Å²) in [6.07, 6.45) is -2.60. The van der Waals surface area contributed by atoms with Crippen molar-refractivity contribution in [1.29, 1.82) is 0 Å². The zero-order valence-electron chi connectivity index (χ0n) is 15.8. The van der Waals surface area contributed by atoms with E-state index in [1.165, 1.54) is 0 Å². The SMILES string of the molecule is O=C(NC1CCC(F)(S(=O)(=O)c2cccc(C(F)(F)F)c2)CC1)[C@H]1CCCCN1. The zero-order valence-corrected chi connectivity index (χ0v) is 16.6. The van der Waals surface area contributed by atoms with Crippen LogP contribution in [0.1, 0.15) is 50.5 Å². The van der Waals surface area contributed by atoms with Crippen molar-refractivity contribution in [2.45, 2.75) is 73.1 Å². The molecule has 1 heterocycles. The molecule has 1 amide bonds. The predicted octanol–water partition coefficient (Wildman–Crippen LogP) is 3.35. The normalized spacial score (nSPS) is 28.7. The van der Waals surface area contributed by atoms with Crippen molar-refractivity contribution in [1.82, 2.24) is 10.6 Å². The number of nitrogens with one attached hydrogen (secondary N) is 2. The molecular weight excluding hydrogens is 412 g/mol. The zero-order chi connectivity index (χ0) is 21.3. The lowest BCUT2D eigenvalue weighted by atomic mass is 9.93. The number of alkyl halides is 4. The summed E-state index contributed by atoms with van der Waals surface area (Å²) >= 11 is 0. The summed E-state index contributed by atoms with van der Waals surface area (Å²) in [4.78, 5) is 11.6. The lowest BCUT2D eigenvalue weighted by Crippen LogP contribution is -2.51. The molecule has 5 nitrogen and oxygen atoms in total. The van der Waals surface area contributed by atoms with Gasteiger partial charge in [0.25, 0.3) is 0 Å². The van der Waals surface area contributed by atoms with E-state index in [2.05, 4.69) is 10.6 Å². The van der Waals surface area contributed by atoms with E-state index in [1.54, 1.807) is 0 Å². The average Bonchev–Trinajstić information content (AvgIpc) is 2.70. The topological polar surface area (TPSA) is 75.3 Å². The first-order valence-electron chi connectivity index (χ1n) is 9.67. The molecule has 1 atom stereocenters. The van der Waals surface area contributed by atoms with Crippen molar-refractivity contribution in [3.63, 3.8) is 0 Å². The van der Waals surface area contributed by atoms with Gasteiger partial charge in [0, 0.05) is 6.04 Å². The Hall–Kier alpha value is -1.68. The second-order valence-corrected chi connectivity index (χ2v) is 9.91. The molecule has 1 aliphatic heterocycles. The molecule has 2 N–H and O–H groups in total. The summed E-state index contributed by atoms with van der Waals surface area (Å²) in [6.45, 7) is 0.756. The average molecular weight is 436 g/mol. The summed E-state index contributed by atoms with van der Waals surface area (Å²) in [7, 11) is -4.61. The van der Waals surface area contributed by atoms with Gasteiger partial charge in [0.2, 0.25) is 20.7 Å². The van der Waals surface area contributed by atoms with E-state index in [0.717, 1.165) is 44.0 Å². The van der Waals surface area contributed by atoms with Crippen molar-refractivity contribution in [3.05, 3.63) is 29.8 Å². The van der Waals surface area contributed by atoms with Crippen LogP contribution in [-0.2, 0) is 20.8 Å². The largest absolute Gasteiger partial charge is 0.416 e. The first kappa shape index (κ1) is 22.0. The van der Waals surface area contributed by atoms with Gasteiger partial charge in [-0.25, -0.2) is 12.8 Å². The smallest absolute Gasteiger partial charge is 0.352 e. The number of halogens is 4. The second kappa shape index (κ2) is 8.22. The minimum Gasteiger partial charge on any atom is -0.352 e. The number of hydrogen-bond acceptors (Lipinski definition) is 4. The molecule has 29 heavy (non-hydrogen) atoms. The van der Waals surface area contributed by atoms with Crippen LogP contribution in [0.5, 0.6) is 0 Å². The number of carbonyl (C=O) groups is 1. The quantitative estimate of drug-likeness (QED) is 0.710. The highest BCUT2D eigenvalue weighted by Gasteiger charge is 2.48. The van der Waals surface area contributed by atoms with Gasteiger partial charge in [-0.3, -0.25) is 4.79 Å². The number of carbonyl (C=O) groups excluding carboxylic acids is 1. The van der Waals surface area contributed by atoms with Gasteiger partial charge in [0.15, 0.2) is 0 Å². The van der Waals surface area contributed by atoms with E-state index in [9.17, 15) is 26.4 Å². The Labute approximate surface area is 167 Å². The molecule has 0 unspecified atom stereocenters. The molecule has 1 saturated heterocycles. The Morgan fingerprint density at radius 2 is 1.83 bits per heavy atom. The van der Waals surface area contributed by atoms with E-state index in [4.69, 9.17) is 0 Å². The fraction of sp³-hybridized carbons (Fsp3) is 0.632. The van der Waals surface area contributed by atoms with Crippen LogP contribution in [0.3, 0.4) is 0 Å². The van der Waals surface area contributed by atoms with E-state index < -0.39 is 31.5 Å². The van der Waals surface area contributed by atoms with Crippen molar-refractivity contribution < 1.29 is 30.8 Å². The molecule has 2 aliphatic rings. The molecule has 162 valence electrons. The van der Waals surface area contributed by atoms with E-state index in [1.807, 2.05) is 0 Å². The molecule has 10 heteroatoms. The van der Waals surface area contributed by atoms with Crippen molar-refractivity contribution in [2.75, 3.05) is 6.54 Å². The van der Waals surface area contributed by atoms with Crippen LogP contribution < -0.4 is 10.6 Å². The highest BCUT2D eigenvalue weighted by molar-refractivity contribution is 7.92. The van der Waals surface area contributed by atoms with Crippen LogP contribution in [-0.4, -0.2) is 38.0 Å². The Morgan fingerprint density at radius 1 is 1.14 bits per heavy atom. The molecule has 0 bridgehead atoms. The molecule has 2 fully saturated rings. The van der Waals surface area contributed by atoms with Crippen LogP contribution in [0.4, 0.5) is 17.6 Å². The summed E-state index contributed by atoms with van der Waals surface area (Å²) in [5.41, 5.74) is -1.14. The Morgan fingerprint density at radius 3 is 2.41 bits per heavy atom. The van der Waals surface area contributed by atoms with Gasteiger partial charge in [0.1, 0.15) is 0 Å². The van der Waals surface area contributed by atoms with Gasteiger partial charge >= 0.3 is 6.18 Å². The minimum absolute atomic E-state index is 0.104. The van der Waals surface area contributed by atoms with Gasteiger partial charge in [-0.1, -0.05) is 12.5 Å². The number of sulfone groups is 1. The number of hydrogen-bond donors (Lipinski definition) is 2. The molecule has 1 saturated carbocycles. The number of piperidine rings is 1. The van der Waals surface area contributed by atoms with E-state index in [0.29, 0.717) is 6.07 Å². The fourth-order valence-corrected chi connectivity index (χ4v) is 5.63. The summed E-state index contributed by atoms with van der Waals surface area (Å²) in [5, 5.41) is 3.30. The molecule has 0 radical (unpaired) electrons. The summed E-state index contributed by atoms with van der Waals surface area (Å²) in [5.74, 6) is -0.179. The van der Waals surface area contributed by atoms with Crippen LogP contribution in [0.2, 0.25) is 0 Å². The molecular formula is C19H24F4N2O3S. The molecule has 1 aromatic carbocycles. The third-order valence-electron chi connectivity index (χ3n) is 5.66. The highest BCUT2D eigenvalue weighted by atomic mass is 32.2. The van der Waals surface area contributed by atoms with E-state index in [-0.39, 0.29) is 43.7 Å². The van der Waals surface area contributed by atoms with Crippen LogP contribution >= 0.6 is 0 Å². The number of amides is 1. The second-order valence-electron chi connectivity index (χ2n) is 7.70. The van der Waals surface area contributed by atoms with Gasteiger partial charge in [-0.2, -0.15) is 13.2 Å². The summed E-state index contributed by atoms with van der Waals surface area (Å²) < 4.78 is 79.4. The molecule has 3 rings (SSSR count). The van der Waals surface area contributed by atoms with Crippen LogP contribution in [0, 0.1) is 0 Å². The lowest BCUT2D eigenvalue weighted by Gasteiger charge is -2.34. The standard InChI is InChI=1S/C19H24F4N2O3S/c20-18(29(27,28)15-5-3-4-13(12-15)19(21,22)23)9-7-14(8-10-18)25-17(26)16-6-1-2-11-24-16/h3-5,12,14,16,24H,1-2,6-11H2,(H,25,26)/t14?,16-,18?/m1/s1. The monoisotopic (exact) mass is 436 g/mol. The third-order valence-corrected chi connectivity index (χ3v) is 7.90. The summed E-state index contributed by atoms with van der Waals surface area (Å²) in [6, 6.07) is 2.51. The van der Waals surface area contributed by atoms with Crippen molar-refractivity contribution in [2.24, 2.45) is 0 Å². The van der Waals surface area contributed by atoms with Gasteiger partial charge in [0.05, 0.1) is 16.5 Å². The Kier molecular flexibility index (Phi) is 6.24. The van der Waals surface area contributed by atoms with Gasteiger partial charge in [-0.05, 0) is 63.3 Å². The molecule has 0 spiro atoms. The van der Waals surface area contributed by atoms with Gasteiger partial charge < -0.3 is 10.6 Å². The first-order valence-corrected chi connectivity index (χ1v) is 11.2. The first-order chi connectivity index (χ1) is 13.5. The molecule has 0 aromatic heterocycles. The highest BCUT2D eigenvalue weighted by Crippen LogP contribution is 2.41. The van der Waals surface area contributed by atoms with Crippen LogP contribution in [0.15, 0.2) is 29.2 Å². The molecule has 1 aromatic rings. The maximum Gasteiger partial charge on any atom is 0.416 e. The van der Waals surface area contributed by atoms with Crippen molar-refractivity contribution >= 4 is 15.7 Å². The maximum atomic E-state index is 15.3. The molecule has 1 aliphatic carbocycles. The number of benzene rings is 1. The minimum atomic E-state index is -4.72. The maximum absolute atomic E-state index is 15.3. The fourth-order valence-electron chi connectivity index (χ4n) is 3.89. The lowest BCUT2D eigenvalue weighted by molar-refractivity contribution is -0.137. The predicted molar refractivity (Wildman–Crippen MR) is 98.5 cm³/mol. The third kappa shape index (κ3) is 4.74. The van der Waals surface area contributed by atoms with E-state index >= 15 is 4.39 Å². The Bertz CT molecular complexity index is 843. The Balaban J connectivity index is 1.67. The number of rotatable bonds is 4.